The summed E-state index contributed by atoms with van der Waals surface area (Å²) < 4.78 is 0. The first-order valence-corrected chi connectivity index (χ1v) is 10.2. The van der Waals surface area contributed by atoms with E-state index in [9.17, 15) is 4.79 Å². The van der Waals surface area contributed by atoms with Crippen molar-refractivity contribution < 1.29 is 4.79 Å². The van der Waals surface area contributed by atoms with Crippen LogP contribution in [-0.2, 0) is 5.41 Å². The van der Waals surface area contributed by atoms with E-state index in [1.807, 2.05) is 30.3 Å². The second-order valence-electron chi connectivity index (χ2n) is 7.60. The Morgan fingerprint density at radius 1 is 1.11 bits per heavy atom. The van der Waals surface area contributed by atoms with Crippen LogP contribution in [0, 0.1) is 0 Å². The lowest BCUT2D eigenvalue weighted by molar-refractivity contribution is 0.180. The van der Waals surface area contributed by atoms with E-state index in [2.05, 4.69) is 29.2 Å². The number of benzene rings is 2. The molecule has 2 aromatic rings. The summed E-state index contributed by atoms with van der Waals surface area (Å²) in [7, 11) is 0. The van der Waals surface area contributed by atoms with Crippen molar-refractivity contribution in [2.75, 3.05) is 31.1 Å². The molecular formula is C22H23Cl2N3O. The lowest BCUT2D eigenvalue weighted by atomic mass is 9.74. The van der Waals surface area contributed by atoms with Crippen molar-refractivity contribution in [1.29, 1.82) is 0 Å². The lowest BCUT2D eigenvalue weighted by Gasteiger charge is -2.39. The molecule has 28 heavy (non-hydrogen) atoms. The van der Waals surface area contributed by atoms with Gasteiger partial charge in [0.15, 0.2) is 0 Å². The number of carbonyl (C=O) groups is 1. The molecule has 1 fully saturated rings. The van der Waals surface area contributed by atoms with Crippen LogP contribution in [0.15, 0.2) is 48.5 Å². The first kappa shape index (κ1) is 19.3. The quantitative estimate of drug-likeness (QED) is 0.771. The molecule has 6 heteroatoms. The molecule has 1 spiro atoms. The highest BCUT2D eigenvalue weighted by atomic mass is 35.5. The van der Waals surface area contributed by atoms with Crippen LogP contribution in [0.2, 0.25) is 10.0 Å². The first-order chi connectivity index (χ1) is 13.5. The highest BCUT2D eigenvalue weighted by molar-refractivity contribution is 6.42. The third-order valence-electron chi connectivity index (χ3n) is 5.92. The summed E-state index contributed by atoms with van der Waals surface area (Å²) >= 11 is 12.0. The Morgan fingerprint density at radius 2 is 1.86 bits per heavy atom. The van der Waals surface area contributed by atoms with Crippen molar-refractivity contribution in [3.05, 3.63) is 69.7 Å². The number of para-hydroxylation sites is 1. The molecule has 2 N–H and O–H groups in total. The van der Waals surface area contributed by atoms with Gasteiger partial charge in [0.1, 0.15) is 0 Å². The van der Waals surface area contributed by atoms with Crippen LogP contribution in [0.4, 0.5) is 10.5 Å². The fraction of sp³-hybridized carbons (Fsp3) is 0.318. The molecule has 0 aliphatic carbocycles. The van der Waals surface area contributed by atoms with Gasteiger partial charge in [0.2, 0.25) is 0 Å². The number of hydrogen-bond donors (Lipinski definition) is 1. The van der Waals surface area contributed by atoms with Gasteiger partial charge in [-0.3, -0.25) is 9.80 Å². The van der Waals surface area contributed by atoms with Crippen LogP contribution in [0.1, 0.15) is 24.0 Å². The van der Waals surface area contributed by atoms with Gasteiger partial charge in [0, 0.05) is 24.2 Å². The molecular weight excluding hydrogens is 393 g/mol. The predicted octanol–water partition coefficient (Wildman–Crippen LogP) is 4.94. The molecule has 2 aliphatic rings. The van der Waals surface area contributed by atoms with E-state index >= 15 is 0 Å². The summed E-state index contributed by atoms with van der Waals surface area (Å²) in [6.45, 7) is 3.56. The van der Waals surface area contributed by atoms with Gasteiger partial charge in [-0.25, -0.2) is 4.79 Å². The number of piperidine rings is 1. The van der Waals surface area contributed by atoms with E-state index in [-0.39, 0.29) is 11.4 Å². The van der Waals surface area contributed by atoms with E-state index < -0.39 is 0 Å². The van der Waals surface area contributed by atoms with Crippen molar-refractivity contribution in [2.45, 2.75) is 18.3 Å². The van der Waals surface area contributed by atoms with E-state index in [1.165, 1.54) is 5.56 Å². The Bertz CT molecular complexity index is 920. The van der Waals surface area contributed by atoms with E-state index in [0.717, 1.165) is 43.7 Å². The molecule has 1 saturated heterocycles. The third kappa shape index (κ3) is 3.64. The maximum absolute atomic E-state index is 11.9. The fourth-order valence-corrected chi connectivity index (χ4v) is 4.68. The number of nitrogens with zero attached hydrogens (tertiary/aromatic N) is 2. The number of amides is 2. The summed E-state index contributed by atoms with van der Waals surface area (Å²) in [6.07, 6.45) is 6.28. The molecule has 4 rings (SSSR count). The Labute approximate surface area is 175 Å². The predicted molar refractivity (Wildman–Crippen MR) is 116 cm³/mol. The van der Waals surface area contributed by atoms with Gasteiger partial charge in [0.05, 0.1) is 10.0 Å². The standard InChI is InChI=1S/C22H23Cl2N3O/c23-18-8-7-16(14-19(18)24)4-3-11-26-12-9-22(10-13-26)15-27(21(25)28)20-6-2-1-5-17(20)22/h1-8,14H,9-13,15H2,(H2,25,28). The Morgan fingerprint density at radius 3 is 2.57 bits per heavy atom. The average Bonchev–Trinajstić information content (AvgIpc) is 3.01. The molecule has 4 nitrogen and oxygen atoms in total. The zero-order chi connectivity index (χ0) is 19.7. The minimum Gasteiger partial charge on any atom is -0.351 e. The monoisotopic (exact) mass is 415 g/mol. The summed E-state index contributed by atoms with van der Waals surface area (Å²) in [5.74, 6) is 0. The topological polar surface area (TPSA) is 49.6 Å². The van der Waals surface area contributed by atoms with Gasteiger partial charge in [0.25, 0.3) is 0 Å². The highest BCUT2D eigenvalue weighted by Gasteiger charge is 2.45. The number of primary amides is 1. The van der Waals surface area contributed by atoms with E-state index in [1.54, 1.807) is 4.90 Å². The number of nitrogens with two attached hydrogens (primary N) is 1. The zero-order valence-corrected chi connectivity index (χ0v) is 17.1. The molecule has 0 unspecified atom stereocenters. The molecule has 146 valence electrons. The second-order valence-corrected chi connectivity index (χ2v) is 8.41. The average molecular weight is 416 g/mol. The van der Waals surface area contributed by atoms with Gasteiger partial charge >= 0.3 is 6.03 Å². The Hall–Kier alpha value is -2.01. The molecule has 2 amide bonds. The fourth-order valence-electron chi connectivity index (χ4n) is 4.37. The molecule has 0 bridgehead atoms. The summed E-state index contributed by atoms with van der Waals surface area (Å²) in [4.78, 5) is 16.1. The van der Waals surface area contributed by atoms with Crippen molar-refractivity contribution in [3.63, 3.8) is 0 Å². The summed E-state index contributed by atoms with van der Waals surface area (Å²) in [6, 6.07) is 13.5. The molecule has 0 radical (unpaired) electrons. The summed E-state index contributed by atoms with van der Waals surface area (Å²) in [5, 5.41) is 1.14. The number of rotatable bonds is 3. The van der Waals surface area contributed by atoms with Crippen LogP contribution in [0.25, 0.3) is 6.08 Å². The van der Waals surface area contributed by atoms with Crippen LogP contribution < -0.4 is 10.6 Å². The van der Waals surface area contributed by atoms with Crippen LogP contribution in [-0.4, -0.2) is 37.1 Å². The van der Waals surface area contributed by atoms with Gasteiger partial charge in [-0.15, -0.1) is 0 Å². The molecule has 0 saturated carbocycles. The second kappa shape index (κ2) is 7.78. The SMILES string of the molecule is NC(=O)N1CC2(CCN(CC=Cc3ccc(Cl)c(Cl)c3)CC2)c2ccccc21. The van der Waals surface area contributed by atoms with Gasteiger partial charge in [-0.05, 0) is 55.3 Å². The maximum atomic E-state index is 11.9. The third-order valence-corrected chi connectivity index (χ3v) is 6.66. The highest BCUT2D eigenvalue weighted by Crippen LogP contribution is 2.46. The largest absolute Gasteiger partial charge is 0.351 e. The van der Waals surface area contributed by atoms with Crippen LogP contribution in [0.5, 0.6) is 0 Å². The molecule has 0 atom stereocenters. The Balaban J connectivity index is 1.40. The van der Waals surface area contributed by atoms with Crippen molar-refractivity contribution >= 4 is 41.0 Å². The number of urea groups is 1. The number of halogens is 2. The minimum absolute atomic E-state index is 0.0234. The number of fused-ring (bicyclic) bond motifs is 2. The number of carbonyl (C=O) groups excluding carboxylic acids is 1. The molecule has 2 heterocycles. The van der Waals surface area contributed by atoms with Crippen LogP contribution >= 0.6 is 23.2 Å². The maximum Gasteiger partial charge on any atom is 0.319 e. The summed E-state index contributed by atoms with van der Waals surface area (Å²) in [5.41, 5.74) is 8.93. The smallest absolute Gasteiger partial charge is 0.319 e. The van der Waals surface area contributed by atoms with Crippen molar-refractivity contribution in [3.8, 4) is 0 Å². The number of likely N-dealkylation sites (tertiary alicyclic amines) is 1. The Kier molecular flexibility index (Phi) is 5.37. The molecule has 2 aliphatic heterocycles. The zero-order valence-electron chi connectivity index (χ0n) is 15.6. The van der Waals surface area contributed by atoms with Crippen molar-refractivity contribution in [1.82, 2.24) is 4.90 Å². The minimum atomic E-state index is -0.365. The lowest BCUT2D eigenvalue weighted by Crippen LogP contribution is -2.46. The van der Waals surface area contributed by atoms with Crippen LogP contribution in [0.3, 0.4) is 0 Å². The van der Waals surface area contributed by atoms with Gasteiger partial charge < -0.3 is 5.73 Å². The first-order valence-electron chi connectivity index (χ1n) is 9.49. The van der Waals surface area contributed by atoms with Gasteiger partial charge in [-0.2, -0.15) is 0 Å². The molecule has 0 aromatic heterocycles. The van der Waals surface area contributed by atoms with E-state index in [4.69, 9.17) is 28.9 Å². The van der Waals surface area contributed by atoms with E-state index in [0.29, 0.717) is 16.6 Å². The van der Waals surface area contributed by atoms with Gasteiger partial charge in [-0.1, -0.05) is 59.6 Å². The van der Waals surface area contributed by atoms with Crippen molar-refractivity contribution in [2.24, 2.45) is 5.73 Å². The number of hydrogen-bond acceptors (Lipinski definition) is 2. The molecule has 2 aromatic carbocycles. The number of anilines is 1. The normalized spacial score (nSPS) is 18.7.